The second kappa shape index (κ2) is 4.83. The number of Topliss-reactive ketones (excluding diaryl/α,β-unsaturated/α-hetero) is 1. The van der Waals surface area contributed by atoms with Crippen molar-refractivity contribution in [3.8, 4) is 0 Å². The normalized spacial score (nSPS) is 18.4. The molecular weight excluding hydrogens is 224 g/mol. The molecule has 0 saturated heterocycles. The Morgan fingerprint density at radius 3 is 3.19 bits per heavy atom. The molecule has 0 spiro atoms. The quantitative estimate of drug-likeness (QED) is 0.806. The number of hydrogen-bond donors (Lipinski definition) is 1. The van der Waals surface area contributed by atoms with Crippen LogP contribution in [0.1, 0.15) is 40.6 Å². The van der Waals surface area contributed by atoms with Crippen LogP contribution in [-0.2, 0) is 0 Å². The molecule has 1 aliphatic rings. The molecule has 0 atom stereocenters. The SMILES string of the molecule is [2H]C([2H])([2H])CC(=O)c1cnc(NCC2CC2)cc1Cl. The molecule has 0 radical (unpaired) electrons. The summed E-state index contributed by atoms with van der Waals surface area (Å²) in [5.41, 5.74) is 0.162. The summed E-state index contributed by atoms with van der Waals surface area (Å²) < 4.78 is 21.2. The summed E-state index contributed by atoms with van der Waals surface area (Å²) in [5, 5.41) is 3.38. The van der Waals surface area contributed by atoms with Crippen LogP contribution in [0.2, 0.25) is 5.02 Å². The molecule has 1 aliphatic carbocycles. The fraction of sp³-hybridized carbons (Fsp3) is 0.500. The third-order valence-corrected chi connectivity index (χ3v) is 2.90. The smallest absolute Gasteiger partial charge is 0.165 e. The third kappa shape index (κ3) is 2.73. The van der Waals surface area contributed by atoms with E-state index in [1.165, 1.54) is 19.0 Å². The van der Waals surface area contributed by atoms with E-state index in [4.69, 9.17) is 15.7 Å². The van der Waals surface area contributed by atoms with Crippen molar-refractivity contribution in [2.75, 3.05) is 11.9 Å². The van der Waals surface area contributed by atoms with Gasteiger partial charge in [0.2, 0.25) is 0 Å². The first-order chi connectivity index (χ1) is 8.85. The zero-order chi connectivity index (χ0) is 14.0. The first-order valence-electron chi connectivity index (χ1n) is 6.78. The number of halogens is 1. The highest BCUT2D eigenvalue weighted by molar-refractivity contribution is 6.34. The fourth-order valence-electron chi connectivity index (χ4n) is 1.40. The van der Waals surface area contributed by atoms with E-state index in [2.05, 4.69) is 10.3 Å². The number of aromatic nitrogens is 1. The zero-order valence-corrected chi connectivity index (χ0v) is 9.55. The highest BCUT2D eigenvalue weighted by Gasteiger charge is 2.20. The van der Waals surface area contributed by atoms with Crippen LogP contribution in [-0.4, -0.2) is 17.3 Å². The topological polar surface area (TPSA) is 42.0 Å². The predicted molar refractivity (Wildman–Crippen MR) is 65.1 cm³/mol. The number of ketones is 1. The number of rotatable bonds is 5. The van der Waals surface area contributed by atoms with Gasteiger partial charge in [-0.05, 0) is 24.8 Å². The largest absolute Gasteiger partial charge is 0.370 e. The van der Waals surface area contributed by atoms with E-state index in [9.17, 15) is 4.79 Å². The van der Waals surface area contributed by atoms with Crippen LogP contribution in [0.15, 0.2) is 12.3 Å². The second-order valence-electron chi connectivity index (χ2n) is 3.97. The Hall–Kier alpha value is -1.09. The van der Waals surface area contributed by atoms with Gasteiger partial charge in [0.1, 0.15) is 5.82 Å². The molecule has 4 heteroatoms. The van der Waals surface area contributed by atoms with Gasteiger partial charge in [0, 0.05) is 23.3 Å². The molecule has 0 unspecified atom stereocenters. The number of pyridine rings is 1. The molecule has 1 heterocycles. The average Bonchev–Trinajstić information content (AvgIpc) is 3.07. The van der Waals surface area contributed by atoms with Crippen molar-refractivity contribution in [1.29, 1.82) is 0 Å². The van der Waals surface area contributed by atoms with Crippen LogP contribution >= 0.6 is 11.6 Å². The number of anilines is 1. The number of hydrogen-bond acceptors (Lipinski definition) is 3. The average molecular weight is 242 g/mol. The summed E-state index contributed by atoms with van der Waals surface area (Å²) >= 11 is 6.00. The molecule has 86 valence electrons. The minimum Gasteiger partial charge on any atom is -0.370 e. The van der Waals surface area contributed by atoms with Crippen molar-refractivity contribution in [2.45, 2.75) is 26.1 Å². The Morgan fingerprint density at radius 1 is 1.75 bits per heavy atom. The molecule has 1 N–H and O–H groups in total. The van der Waals surface area contributed by atoms with Crippen molar-refractivity contribution in [1.82, 2.24) is 4.98 Å². The maximum absolute atomic E-state index is 11.8. The maximum atomic E-state index is 11.8. The van der Waals surface area contributed by atoms with Gasteiger partial charge in [-0.3, -0.25) is 4.79 Å². The fourth-order valence-corrected chi connectivity index (χ4v) is 1.66. The van der Waals surface area contributed by atoms with Gasteiger partial charge in [-0.1, -0.05) is 18.5 Å². The molecule has 16 heavy (non-hydrogen) atoms. The monoisotopic (exact) mass is 241 g/mol. The third-order valence-electron chi connectivity index (χ3n) is 2.58. The minimum absolute atomic E-state index is 0.162. The Bertz CT molecular complexity index is 486. The Morgan fingerprint density at radius 2 is 2.56 bits per heavy atom. The molecule has 2 rings (SSSR count). The molecule has 1 saturated carbocycles. The van der Waals surface area contributed by atoms with Crippen LogP contribution in [0, 0.1) is 5.92 Å². The summed E-state index contributed by atoms with van der Waals surface area (Å²) in [6.07, 6.45) is 3.28. The van der Waals surface area contributed by atoms with Gasteiger partial charge < -0.3 is 5.32 Å². The summed E-state index contributed by atoms with van der Waals surface area (Å²) in [7, 11) is 0. The second-order valence-corrected chi connectivity index (χ2v) is 4.38. The van der Waals surface area contributed by atoms with E-state index >= 15 is 0 Å². The molecule has 1 aromatic heterocycles. The Balaban J connectivity index is 2.03. The molecule has 0 aromatic carbocycles. The van der Waals surface area contributed by atoms with E-state index in [-0.39, 0.29) is 10.6 Å². The van der Waals surface area contributed by atoms with Gasteiger partial charge in [-0.15, -0.1) is 0 Å². The highest BCUT2D eigenvalue weighted by Crippen LogP contribution is 2.29. The van der Waals surface area contributed by atoms with Gasteiger partial charge in [-0.2, -0.15) is 0 Å². The number of carbonyl (C=O) groups is 1. The lowest BCUT2D eigenvalue weighted by molar-refractivity contribution is 0.0988. The Labute approximate surface area is 104 Å². The van der Waals surface area contributed by atoms with E-state index in [0.717, 1.165) is 6.54 Å². The molecule has 1 fully saturated rings. The van der Waals surface area contributed by atoms with Crippen LogP contribution in [0.4, 0.5) is 5.82 Å². The number of nitrogens with zero attached hydrogens (tertiary/aromatic N) is 1. The minimum atomic E-state index is -2.29. The van der Waals surface area contributed by atoms with E-state index in [0.29, 0.717) is 11.7 Å². The predicted octanol–water partition coefficient (Wildman–Crippen LogP) is 3.15. The van der Waals surface area contributed by atoms with Crippen LogP contribution in [0.25, 0.3) is 0 Å². The first kappa shape index (κ1) is 8.07. The van der Waals surface area contributed by atoms with Crippen molar-refractivity contribution >= 4 is 23.2 Å². The van der Waals surface area contributed by atoms with Gasteiger partial charge in [-0.25, -0.2) is 4.98 Å². The van der Waals surface area contributed by atoms with E-state index < -0.39 is 19.1 Å². The van der Waals surface area contributed by atoms with Crippen molar-refractivity contribution < 1.29 is 8.91 Å². The van der Waals surface area contributed by atoms with E-state index in [1.54, 1.807) is 6.07 Å². The standard InChI is InChI=1S/C12H15ClN2O/c1-2-11(16)9-7-15-12(5-10(9)13)14-6-8-3-4-8/h5,7-8H,2-4,6H2,1H3,(H,14,15)/i1D3. The summed E-state index contributed by atoms with van der Waals surface area (Å²) in [4.78, 5) is 15.9. The molecule has 0 aliphatic heterocycles. The van der Waals surface area contributed by atoms with Gasteiger partial charge in [0.05, 0.1) is 10.6 Å². The summed E-state index contributed by atoms with van der Waals surface area (Å²) in [6, 6.07) is 1.57. The van der Waals surface area contributed by atoms with Gasteiger partial charge in [0.15, 0.2) is 5.78 Å². The highest BCUT2D eigenvalue weighted by atomic mass is 35.5. The van der Waals surface area contributed by atoms with Crippen molar-refractivity contribution in [2.24, 2.45) is 5.92 Å². The molecule has 3 nitrogen and oxygen atoms in total. The lowest BCUT2D eigenvalue weighted by Crippen LogP contribution is -2.06. The molecule has 0 bridgehead atoms. The lowest BCUT2D eigenvalue weighted by Gasteiger charge is -2.06. The van der Waals surface area contributed by atoms with Crippen LogP contribution in [0.3, 0.4) is 0 Å². The van der Waals surface area contributed by atoms with Crippen LogP contribution in [0.5, 0.6) is 0 Å². The zero-order valence-electron chi connectivity index (χ0n) is 11.8. The van der Waals surface area contributed by atoms with Crippen LogP contribution < -0.4 is 5.32 Å². The summed E-state index contributed by atoms with van der Waals surface area (Å²) in [5.74, 6) is 0.811. The summed E-state index contributed by atoms with van der Waals surface area (Å²) in [6.45, 7) is -1.44. The molecule has 0 amide bonds. The van der Waals surface area contributed by atoms with Gasteiger partial charge in [0.25, 0.3) is 0 Å². The molecule has 1 aromatic rings. The van der Waals surface area contributed by atoms with Crippen molar-refractivity contribution in [3.63, 3.8) is 0 Å². The Kier molecular flexibility index (Phi) is 2.44. The maximum Gasteiger partial charge on any atom is 0.165 e. The number of carbonyl (C=O) groups excluding carboxylic acids is 1. The molecular formula is C12H15ClN2O. The lowest BCUT2D eigenvalue weighted by atomic mass is 10.1. The number of nitrogens with one attached hydrogen (secondary N) is 1. The van der Waals surface area contributed by atoms with E-state index in [1.807, 2.05) is 0 Å². The van der Waals surface area contributed by atoms with Crippen molar-refractivity contribution in [3.05, 3.63) is 22.8 Å². The first-order valence-corrected chi connectivity index (χ1v) is 5.65. The van der Waals surface area contributed by atoms with Gasteiger partial charge >= 0.3 is 0 Å².